The van der Waals surface area contributed by atoms with Gasteiger partial charge in [0, 0.05) is 44.3 Å². The number of nitrogens with zero attached hydrogens (tertiary/aromatic N) is 2. The highest BCUT2D eigenvalue weighted by Crippen LogP contribution is 2.40. The lowest BCUT2D eigenvalue weighted by molar-refractivity contribution is -0.135. The van der Waals surface area contributed by atoms with E-state index < -0.39 is 0 Å². The van der Waals surface area contributed by atoms with Gasteiger partial charge in [-0.3, -0.25) is 9.69 Å². The molecule has 2 atom stereocenters. The first-order chi connectivity index (χ1) is 16.6. The zero-order valence-corrected chi connectivity index (χ0v) is 20.6. The summed E-state index contributed by atoms with van der Waals surface area (Å²) >= 11 is 0. The Hall–Kier alpha value is -2.81. The minimum atomic E-state index is -0.201. The van der Waals surface area contributed by atoms with Crippen LogP contribution in [0.1, 0.15) is 36.1 Å². The maximum absolute atomic E-state index is 13.2. The number of methoxy groups -OCH3 is 3. The number of ether oxygens (including phenoxy) is 3. The number of aryl methyl sites for hydroxylation is 1. The van der Waals surface area contributed by atoms with Crippen molar-refractivity contribution in [1.29, 1.82) is 0 Å². The maximum Gasteiger partial charge on any atom is 0.241 e. The molecule has 1 amide bonds. The van der Waals surface area contributed by atoms with Crippen molar-refractivity contribution in [2.75, 3.05) is 47.5 Å². The zero-order chi connectivity index (χ0) is 24.1. The molecule has 4 rings (SSSR count). The molecule has 2 fully saturated rings. The third-order valence-corrected chi connectivity index (χ3v) is 6.86. The van der Waals surface area contributed by atoms with Crippen molar-refractivity contribution in [3.05, 3.63) is 53.1 Å². The molecule has 2 aromatic carbocycles. The maximum atomic E-state index is 13.2. The first-order valence-electron chi connectivity index (χ1n) is 12.0. The molecule has 2 aliphatic heterocycles. The van der Waals surface area contributed by atoms with E-state index in [0.717, 1.165) is 38.0 Å². The van der Waals surface area contributed by atoms with Gasteiger partial charge in [-0.15, -0.1) is 0 Å². The minimum absolute atomic E-state index is 0.152. The highest BCUT2D eigenvalue weighted by molar-refractivity contribution is 5.82. The summed E-state index contributed by atoms with van der Waals surface area (Å²) in [4.78, 5) is 17.5. The van der Waals surface area contributed by atoms with Crippen LogP contribution in [0, 0.1) is 0 Å². The lowest BCUT2D eigenvalue weighted by Crippen LogP contribution is -2.53. The fourth-order valence-electron chi connectivity index (χ4n) is 4.80. The number of piperazine rings is 1. The molecule has 0 radical (unpaired) electrons. The smallest absolute Gasteiger partial charge is 0.241 e. The topological polar surface area (TPSA) is 75.3 Å². The van der Waals surface area contributed by atoms with E-state index in [1.807, 2.05) is 17.0 Å². The second-order valence-electron chi connectivity index (χ2n) is 8.82. The second-order valence-corrected chi connectivity index (χ2v) is 8.82. The fraction of sp³-hybridized carbons (Fsp3) is 0.500. The Kier molecular flexibility index (Phi) is 7.92. The van der Waals surface area contributed by atoms with Crippen LogP contribution in [0.3, 0.4) is 0 Å². The lowest BCUT2D eigenvalue weighted by atomic mass is 9.99. The van der Waals surface area contributed by atoms with E-state index in [9.17, 15) is 4.79 Å². The molecule has 0 bridgehead atoms. The van der Waals surface area contributed by atoms with Gasteiger partial charge in [-0.05, 0) is 30.0 Å². The van der Waals surface area contributed by atoms with Gasteiger partial charge in [0.1, 0.15) is 6.04 Å². The molecule has 2 saturated heterocycles. The van der Waals surface area contributed by atoms with Crippen LogP contribution in [-0.2, 0) is 17.8 Å². The number of hydrazine groups is 1. The van der Waals surface area contributed by atoms with Crippen LogP contribution in [0.15, 0.2) is 36.4 Å². The van der Waals surface area contributed by atoms with Gasteiger partial charge in [0.2, 0.25) is 11.7 Å². The van der Waals surface area contributed by atoms with Gasteiger partial charge in [-0.2, -0.15) is 0 Å². The second kappa shape index (κ2) is 11.1. The van der Waals surface area contributed by atoms with E-state index in [-0.39, 0.29) is 18.0 Å². The summed E-state index contributed by atoms with van der Waals surface area (Å²) in [5.74, 6) is 2.12. The van der Waals surface area contributed by atoms with Crippen molar-refractivity contribution in [3.63, 3.8) is 0 Å². The number of carbonyl (C=O) groups is 1. The van der Waals surface area contributed by atoms with Gasteiger partial charge in [0.25, 0.3) is 0 Å². The molecule has 184 valence electrons. The number of nitrogens with one attached hydrogen (secondary N) is 2. The summed E-state index contributed by atoms with van der Waals surface area (Å²) in [6, 6.07) is 12.5. The molecule has 8 heteroatoms. The number of hydrogen-bond acceptors (Lipinski definition) is 7. The molecule has 0 saturated carbocycles. The van der Waals surface area contributed by atoms with Crippen LogP contribution >= 0.6 is 0 Å². The number of benzene rings is 2. The summed E-state index contributed by atoms with van der Waals surface area (Å²) < 4.78 is 16.5. The van der Waals surface area contributed by atoms with E-state index in [1.165, 1.54) is 11.1 Å². The van der Waals surface area contributed by atoms with Gasteiger partial charge in [0.15, 0.2) is 11.5 Å². The third kappa shape index (κ3) is 5.14. The predicted molar refractivity (Wildman–Crippen MR) is 131 cm³/mol. The van der Waals surface area contributed by atoms with Crippen LogP contribution in [-0.4, -0.2) is 69.3 Å². The first kappa shape index (κ1) is 24.3. The predicted octanol–water partition coefficient (Wildman–Crippen LogP) is 2.53. The lowest BCUT2D eigenvalue weighted by Gasteiger charge is -2.36. The summed E-state index contributed by atoms with van der Waals surface area (Å²) in [5, 5.41) is 0. The number of amides is 1. The Labute approximate surface area is 202 Å². The van der Waals surface area contributed by atoms with Crippen LogP contribution in [0.5, 0.6) is 17.2 Å². The van der Waals surface area contributed by atoms with E-state index in [4.69, 9.17) is 14.2 Å². The molecular weight excluding hydrogens is 432 g/mol. The number of hydrogen-bond donors (Lipinski definition) is 2. The van der Waals surface area contributed by atoms with Crippen molar-refractivity contribution in [2.24, 2.45) is 0 Å². The molecule has 2 N–H and O–H groups in total. The average molecular weight is 469 g/mol. The molecule has 0 aliphatic carbocycles. The molecule has 2 unspecified atom stereocenters. The number of rotatable bonds is 8. The average Bonchev–Trinajstić information content (AvgIpc) is 3.38. The SMILES string of the molecule is CCc1ccc(C2CC(C(=O)N3CCN(Cc4ccc(OC)c(OC)c4OC)CC3)NN2)cc1. The quantitative estimate of drug-likeness (QED) is 0.617. The normalized spacial score (nSPS) is 20.9. The first-order valence-corrected chi connectivity index (χ1v) is 12.0. The molecule has 0 aromatic heterocycles. The summed E-state index contributed by atoms with van der Waals surface area (Å²) in [6.07, 6.45) is 1.79. The largest absolute Gasteiger partial charge is 0.493 e. The van der Waals surface area contributed by atoms with Gasteiger partial charge in [0.05, 0.1) is 21.3 Å². The highest BCUT2D eigenvalue weighted by Gasteiger charge is 2.34. The van der Waals surface area contributed by atoms with E-state index in [0.29, 0.717) is 30.3 Å². The van der Waals surface area contributed by atoms with Crippen LogP contribution in [0.25, 0.3) is 0 Å². The Bertz CT molecular complexity index is 974. The third-order valence-electron chi connectivity index (χ3n) is 6.86. The highest BCUT2D eigenvalue weighted by atomic mass is 16.5. The van der Waals surface area contributed by atoms with Crippen molar-refractivity contribution in [3.8, 4) is 17.2 Å². The monoisotopic (exact) mass is 468 g/mol. The van der Waals surface area contributed by atoms with Crippen molar-refractivity contribution in [2.45, 2.75) is 38.4 Å². The van der Waals surface area contributed by atoms with Gasteiger partial charge < -0.3 is 19.1 Å². The van der Waals surface area contributed by atoms with Crippen molar-refractivity contribution in [1.82, 2.24) is 20.7 Å². The molecular formula is C26H36N4O4. The standard InChI is InChI=1S/C26H36N4O4/c1-5-18-6-8-19(9-7-18)21-16-22(28-27-21)26(31)30-14-12-29(13-15-30)17-20-10-11-23(32-2)25(34-4)24(20)33-3/h6-11,21-22,27-28H,5,12-17H2,1-4H3. The van der Waals surface area contributed by atoms with Crippen LogP contribution < -0.4 is 25.1 Å². The van der Waals surface area contributed by atoms with E-state index in [2.05, 4.69) is 46.9 Å². The molecule has 34 heavy (non-hydrogen) atoms. The Morgan fingerprint density at radius 2 is 1.62 bits per heavy atom. The molecule has 2 aliphatic rings. The Morgan fingerprint density at radius 3 is 2.24 bits per heavy atom. The fourth-order valence-corrected chi connectivity index (χ4v) is 4.80. The van der Waals surface area contributed by atoms with E-state index >= 15 is 0 Å². The van der Waals surface area contributed by atoms with Crippen LogP contribution in [0.2, 0.25) is 0 Å². The van der Waals surface area contributed by atoms with Gasteiger partial charge in [-0.25, -0.2) is 10.9 Å². The van der Waals surface area contributed by atoms with Gasteiger partial charge in [-0.1, -0.05) is 37.3 Å². The zero-order valence-electron chi connectivity index (χ0n) is 20.6. The van der Waals surface area contributed by atoms with Crippen molar-refractivity contribution < 1.29 is 19.0 Å². The summed E-state index contributed by atoms with van der Waals surface area (Å²) in [7, 11) is 4.88. The van der Waals surface area contributed by atoms with Crippen molar-refractivity contribution >= 4 is 5.91 Å². The number of carbonyl (C=O) groups excluding carboxylic acids is 1. The van der Waals surface area contributed by atoms with Crippen LogP contribution in [0.4, 0.5) is 0 Å². The molecule has 0 spiro atoms. The van der Waals surface area contributed by atoms with Gasteiger partial charge >= 0.3 is 0 Å². The molecule has 2 aromatic rings. The van der Waals surface area contributed by atoms with E-state index in [1.54, 1.807) is 21.3 Å². The molecule has 2 heterocycles. The minimum Gasteiger partial charge on any atom is -0.493 e. The Morgan fingerprint density at radius 1 is 0.912 bits per heavy atom. The molecule has 8 nitrogen and oxygen atoms in total. The Balaban J connectivity index is 1.31. The summed E-state index contributed by atoms with van der Waals surface area (Å²) in [6.45, 7) is 5.93. The summed E-state index contributed by atoms with van der Waals surface area (Å²) in [5.41, 5.74) is 10.1.